The third-order valence-corrected chi connectivity index (χ3v) is 3.88. The van der Waals surface area contributed by atoms with Crippen molar-refractivity contribution in [3.05, 3.63) is 18.0 Å². The first-order chi connectivity index (χ1) is 8.86. The van der Waals surface area contributed by atoms with E-state index in [1.807, 2.05) is 0 Å². The molecule has 0 spiro atoms. The van der Waals surface area contributed by atoms with E-state index >= 15 is 0 Å². The first-order valence-electron chi connectivity index (χ1n) is 7.15. The Labute approximate surface area is 110 Å². The van der Waals surface area contributed by atoms with Gasteiger partial charge in [-0.15, -0.1) is 0 Å². The van der Waals surface area contributed by atoms with Gasteiger partial charge in [-0.05, 0) is 39.4 Å². The van der Waals surface area contributed by atoms with E-state index in [0.29, 0.717) is 0 Å². The fourth-order valence-electron chi connectivity index (χ4n) is 2.70. The predicted octanol–water partition coefficient (Wildman–Crippen LogP) is 2.42. The summed E-state index contributed by atoms with van der Waals surface area (Å²) < 4.78 is 4.79. The van der Waals surface area contributed by atoms with Crippen molar-refractivity contribution in [2.45, 2.75) is 51.1 Å². The van der Waals surface area contributed by atoms with Gasteiger partial charge in [-0.3, -0.25) is 0 Å². The van der Waals surface area contributed by atoms with Gasteiger partial charge >= 0.3 is 0 Å². The summed E-state index contributed by atoms with van der Waals surface area (Å²) in [6.07, 6.45) is 11.7. The number of aromatic nitrogens is 1. The van der Waals surface area contributed by atoms with Crippen molar-refractivity contribution in [1.29, 1.82) is 0 Å². The Kier molecular flexibility index (Phi) is 5.68. The normalized spacial score (nSPS) is 17.4. The summed E-state index contributed by atoms with van der Waals surface area (Å²) in [5, 5.41) is 7.11. The van der Waals surface area contributed by atoms with E-state index in [2.05, 4.69) is 22.4 Å². The maximum absolute atomic E-state index is 4.79. The average molecular weight is 251 g/mol. The average Bonchev–Trinajstić information content (AvgIpc) is 2.92. The lowest BCUT2D eigenvalue weighted by molar-refractivity contribution is 0.189. The van der Waals surface area contributed by atoms with E-state index in [9.17, 15) is 0 Å². The SMILES string of the molecule is CN(CCCNCc1cnoc1)C1CCCCC1. The summed E-state index contributed by atoms with van der Waals surface area (Å²) in [5.74, 6) is 0. The molecule has 0 atom stereocenters. The van der Waals surface area contributed by atoms with Crippen LogP contribution >= 0.6 is 0 Å². The van der Waals surface area contributed by atoms with Gasteiger partial charge in [0.25, 0.3) is 0 Å². The molecule has 0 radical (unpaired) electrons. The molecule has 1 aliphatic carbocycles. The minimum absolute atomic E-state index is 0.830. The van der Waals surface area contributed by atoms with Crippen LogP contribution in [0, 0.1) is 0 Å². The van der Waals surface area contributed by atoms with Gasteiger partial charge in [-0.1, -0.05) is 24.4 Å². The Bertz CT molecular complexity index is 307. The van der Waals surface area contributed by atoms with Crippen molar-refractivity contribution in [3.63, 3.8) is 0 Å². The Morgan fingerprint density at radius 1 is 1.39 bits per heavy atom. The molecule has 18 heavy (non-hydrogen) atoms. The highest BCUT2D eigenvalue weighted by Crippen LogP contribution is 2.21. The molecule has 0 aromatic carbocycles. The molecule has 0 amide bonds. The lowest BCUT2D eigenvalue weighted by Gasteiger charge is -2.31. The highest BCUT2D eigenvalue weighted by Gasteiger charge is 2.16. The maximum atomic E-state index is 4.79. The zero-order valence-electron chi connectivity index (χ0n) is 11.4. The van der Waals surface area contributed by atoms with Crippen molar-refractivity contribution >= 4 is 0 Å². The van der Waals surface area contributed by atoms with Crippen LogP contribution in [-0.2, 0) is 6.54 Å². The number of hydrogen-bond acceptors (Lipinski definition) is 4. The Morgan fingerprint density at radius 3 is 2.94 bits per heavy atom. The minimum atomic E-state index is 0.830. The van der Waals surface area contributed by atoms with Crippen molar-refractivity contribution in [2.75, 3.05) is 20.1 Å². The van der Waals surface area contributed by atoms with Crippen LogP contribution in [-0.4, -0.2) is 36.2 Å². The van der Waals surface area contributed by atoms with Crippen LogP contribution in [0.1, 0.15) is 44.1 Å². The van der Waals surface area contributed by atoms with Crippen LogP contribution in [0.15, 0.2) is 17.0 Å². The molecule has 1 aliphatic rings. The van der Waals surface area contributed by atoms with E-state index in [1.54, 1.807) is 12.5 Å². The van der Waals surface area contributed by atoms with Gasteiger partial charge in [0.05, 0.1) is 6.20 Å². The monoisotopic (exact) mass is 251 g/mol. The number of hydrogen-bond donors (Lipinski definition) is 1. The molecule has 0 saturated heterocycles. The van der Waals surface area contributed by atoms with Crippen LogP contribution in [0.3, 0.4) is 0 Å². The Hall–Kier alpha value is -0.870. The second kappa shape index (κ2) is 7.54. The summed E-state index contributed by atoms with van der Waals surface area (Å²) in [4.78, 5) is 2.54. The summed E-state index contributed by atoms with van der Waals surface area (Å²) >= 11 is 0. The van der Waals surface area contributed by atoms with Crippen molar-refractivity contribution in [2.24, 2.45) is 0 Å². The second-order valence-electron chi connectivity index (χ2n) is 5.34. The van der Waals surface area contributed by atoms with Crippen molar-refractivity contribution in [3.8, 4) is 0 Å². The molecule has 102 valence electrons. The number of nitrogens with one attached hydrogen (secondary N) is 1. The Balaban J connectivity index is 1.52. The molecule has 1 aromatic heterocycles. The second-order valence-corrected chi connectivity index (χ2v) is 5.34. The van der Waals surface area contributed by atoms with Gasteiger partial charge in [0.2, 0.25) is 0 Å². The van der Waals surface area contributed by atoms with Gasteiger partial charge in [-0.25, -0.2) is 0 Å². The van der Waals surface area contributed by atoms with Gasteiger partial charge < -0.3 is 14.7 Å². The van der Waals surface area contributed by atoms with Gasteiger partial charge in [0, 0.05) is 18.2 Å². The number of rotatable bonds is 7. The highest BCUT2D eigenvalue weighted by molar-refractivity contribution is 4.98. The molecule has 4 nitrogen and oxygen atoms in total. The summed E-state index contributed by atoms with van der Waals surface area (Å²) in [7, 11) is 2.27. The van der Waals surface area contributed by atoms with Crippen molar-refractivity contribution in [1.82, 2.24) is 15.4 Å². The topological polar surface area (TPSA) is 41.3 Å². The first-order valence-corrected chi connectivity index (χ1v) is 7.15. The molecule has 1 aromatic rings. The molecule has 1 N–H and O–H groups in total. The van der Waals surface area contributed by atoms with Crippen LogP contribution in [0.2, 0.25) is 0 Å². The maximum Gasteiger partial charge on any atom is 0.128 e. The zero-order chi connectivity index (χ0) is 12.6. The molecule has 4 heteroatoms. The molecular weight excluding hydrogens is 226 g/mol. The van der Waals surface area contributed by atoms with Crippen molar-refractivity contribution < 1.29 is 4.52 Å². The minimum Gasteiger partial charge on any atom is -0.364 e. The summed E-state index contributed by atoms with van der Waals surface area (Å²) in [6.45, 7) is 3.11. The third kappa shape index (κ3) is 4.42. The van der Waals surface area contributed by atoms with E-state index in [4.69, 9.17) is 4.52 Å². The molecule has 0 bridgehead atoms. The smallest absolute Gasteiger partial charge is 0.128 e. The standard InChI is InChI=1S/C14H25N3O/c1-17(14-6-3-2-4-7-14)9-5-8-15-10-13-11-16-18-12-13/h11-12,14-15H,2-10H2,1H3. The molecule has 1 saturated carbocycles. The van der Waals surface area contributed by atoms with Crippen LogP contribution < -0.4 is 5.32 Å². The Morgan fingerprint density at radius 2 is 2.22 bits per heavy atom. The lowest BCUT2D eigenvalue weighted by Crippen LogP contribution is -2.35. The van der Waals surface area contributed by atoms with Gasteiger partial charge in [-0.2, -0.15) is 0 Å². The third-order valence-electron chi connectivity index (χ3n) is 3.88. The van der Waals surface area contributed by atoms with Gasteiger partial charge in [0.1, 0.15) is 6.26 Å². The van der Waals surface area contributed by atoms with E-state index < -0.39 is 0 Å². The van der Waals surface area contributed by atoms with Crippen LogP contribution in [0.4, 0.5) is 0 Å². The molecule has 0 aliphatic heterocycles. The molecule has 0 unspecified atom stereocenters. The largest absolute Gasteiger partial charge is 0.364 e. The van der Waals surface area contributed by atoms with E-state index in [0.717, 1.165) is 24.7 Å². The van der Waals surface area contributed by atoms with Crippen LogP contribution in [0.5, 0.6) is 0 Å². The van der Waals surface area contributed by atoms with Gasteiger partial charge in [0.15, 0.2) is 0 Å². The molecular formula is C14H25N3O. The zero-order valence-corrected chi connectivity index (χ0v) is 11.4. The van der Waals surface area contributed by atoms with Crippen LogP contribution in [0.25, 0.3) is 0 Å². The lowest BCUT2D eigenvalue weighted by atomic mass is 9.94. The highest BCUT2D eigenvalue weighted by atomic mass is 16.5. The quantitative estimate of drug-likeness (QED) is 0.756. The molecule has 2 rings (SSSR count). The first kappa shape index (κ1) is 13.6. The molecule has 1 fully saturated rings. The summed E-state index contributed by atoms with van der Waals surface area (Å²) in [6, 6.07) is 0.830. The molecule has 1 heterocycles. The van der Waals surface area contributed by atoms with E-state index in [1.165, 1.54) is 45.1 Å². The summed E-state index contributed by atoms with van der Waals surface area (Å²) in [5.41, 5.74) is 1.12. The predicted molar refractivity (Wildman–Crippen MR) is 72.3 cm³/mol. The fourth-order valence-corrected chi connectivity index (χ4v) is 2.70. The van der Waals surface area contributed by atoms with E-state index in [-0.39, 0.29) is 0 Å². The fraction of sp³-hybridized carbons (Fsp3) is 0.786. The number of nitrogens with zero attached hydrogens (tertiary/aromatic N) is 2.